The minimum absolute atomic E-state index is 0.520. The number of nitrogens with zero attached hydrogens (tertiary/aromatic N) is 1. The van der Waals surface area contributed by atoms with Crippen LogP contribution in [-0.4, -0.2) is 56.3 Å². The van der Waals surface area contributed by atoms with Gasteiger partial charge in [-0.25, -0.2) is 0 Å². The van der Waals surface area contributed by atoms with Crippen molar-refractivity contribution >= 4 is 11.8 Å². The lowest BCUT2D eigenvalue weighted by Crippen LogP contribution is -2.39. The van der Waals surface area contributed by atoms with Crippen molar-refractivity contribution in [2.45, 2.75) is 31.7 Å². The van der Waals surface area contributed by atoms with E-state index in [0.29, 0.717) is 6.04 Å². The van der Waals surface area contributed by atoms with Gasteiger partial charge in [0, 0.05) is 25.7 Å². The molecule has 17 heavy (non-hydrogen) atoms. The highest BCUT2D eigenvalue weighted by molar-refractivity contribution is 7.98. The highest BCUT2D eigenvalue weighted by Gasteiger charge is 2.21. The third-order valence-corrected chi connectivity index (χ3v) is 4.12. The number of likely N-dealkylation sites (N-methyl/N-ethyl adjacent to an activating group) is 1. The molecule has 0 spiro atoms. The van der Waals surface area contributed by atoms with E-state index in [1.54, 1.807) is 0 Å². The summed E-state index contributed by atoms with van der Waals surface area (Å²) < 4.78 is 5.66. The summed E-state index contributed by atoms with van der Waals surface area (Å²) in [4.78, 5) is 2.35. The van der Waals surface area contributed by atoms with Gasteiger partial charge in [-0.05, 0) is 50.7 Å². The van der Waals surface area contributed by atoms with Gasteiger partial charge in [0.15, 0.2) is 0 Å². The van der Waals surface area contributed by atoms with Gasteiger partial charge in [0.1, 0.15) is 0 Å². The van der Waals surface area contributed by atoms with Gasteiger partial charge in [-0.2, -0.15) is 11.8 Å². The SMILES string of the molecule is CSCCCC(CN)N(C)CCOCC1CC1. The lowest BCUT2D eigenvalue weighted by Gasteiger charge is -2.26. The predicted octanol–water partition coefficient (Wildman–Crippen LogP) is 1.82. The van der Waals surface area contributed by atoms with Gasteiger partial charge in [0.25, 0.3) is 0 Å². The number of hydrogen-bond acceptors (Lipinski definition) is 4. The summed E-state index contributed by atoms with van der Waals surface area (Å²) in [6.07, 6.45) is 7.37. The highest BCUT2D eigenvalue weighted by atomic mass is 32.2. The van der Waals surface area contributed by atoms with E-state index in [1.807, 2.05) is 11.8 Å². The van der Waals surface area contributed by atoms with Crippen molar-refractivity contribution in [2.24, 2.45) is 11.7 Å². The van der Waals surface area contributed by atoms with Crippen LogP contribution >= 0.6 is 11.8 Å². The quantitative estimate of drug-likeness (QED) is 0.575. The van der Waals surface area contributed by atoms with Crippen molar-refractivity contribution in [2.75, 3.05) is 45.4 Å². The molecular formula is C13H28N2OS. The van der Waals surface area contributed by atoms with Crippen LogP contribution in [-0.2, 0) is 4.74 Å². The van der Waals surface area contributed by atoms with Crippen molar-refractivity contribution in [1.82, 2.24) is 4.90 Å². The first kappa shape index (κ1) is 15.3. The molecule has 1 aliphatic rings. The second-order valence-corrected chi connectivity index (χ2v) is 6.01. The molecule has 1 saturated carbocycles. The molecule has 0 heterocycles. The Morgan fingerprint density at radius 2 is 2.24 bits per heavy atom. The Hall–Kier alpha value is 0.230. The van der Waals surface area contributed by atoms with E-state index in [0.717, 1.165) is 32.2 Å². The van der Waals surface area contributed by atoms with Crippen LogP contribution in [0, 0.1) is 5.92 Å². The van der Waals surface area contributed by atoms with Gasteiger partial charge in [-0.1, -0.05) is 0 Å². The maximum Gasteiger partial charge on any atom is 0.0593 e. The monoisotopic (exact) mass is 260 g/mol. The summed E-state index contributed by atoms with van der Waals surface area (Å²) in [6, 6.07) is 0.520. The third-order valence-electron chi connectivity index (χ3n) is 3.42. The molecule has 1 fully saturated rings. The van der Waals surface area contributed by atoms with E-state index in [1.165, 1.54) is 31.4 Å². The molecule has 0 amide bonds. The number of hydrogen-bond donors (Lipinski definition) is 1. The minimum Gasteiger partial charge on any atom is -0.380 e. The lowest BCUT2D eigenvalue weighted by molar-refractivity contribution is 0.0908. The molecule has 0 radical (unpaired) electrons. The Bertz CT molecular complexity index is 188. The molecule has 0 aromatic rings. The largest absolute Gasteiger partial charge is 0.380 e. The van der Waals surface area contributed by atoms with Crippen molar-refractivity contribution in [3.05, 3.63) is 0 Å². The van der Waals surface area contributed by atoms with Gasteiger partial charge < -0.3 is 10.5 Å². The van der Waals surface area contributed by atoms with Crippen LogP contribution in [0.1, 0.15) is 25.7 Å². The molecule has 1 atom stereocenters. The van der Waals surface area contributed by atoms with Crippen LogP contribution in [0.4, 0.5) is 0 Å². The van der Waals surface area contributed by atoms with Gasteiger partial charge in [-0.15, -0.1) is 0 Å². The second kappa shape index (κ2) is 9.20. The molecule has 2 N–H and O–H groups in total. The molecule has 102 valence electrons. The molecule has 0 aromatic carbocycles. The van der Waals surface area contributed by atoms with E-state index < -0.39 is 0 Å². The topological polar surface area (TPSA) is 38.5 Å². The molecule has 4 heteroatoms. The molecular weight excluding hydrogens is 232 g/mol. The highest BCUT2D eigenvalue weighted by Crippen LogP contribution is 2.28. The van der Waals surface area contributed by atoms with Crippen molar-refractivity contribution in [3.63, 3.8) is 0 Å². The summed E-state index contributed by atoms with van der Waals surface area (Å²) in [5.74, 6) is 2.11. The van der Waals surface area contributed by atoms with Crippen molar-refractivity contribution in [1.29, 1.82) is 0 Å². The first-order valence-electron chi connectivity index (χ1n) is 6.75. The van der Waals surface area contributed by atoms with Crippen LogP contribution in [0.15, 0.2) is 0 Å². The summed E-state index contributed by atoms with van der Waals surface area (Å²) in [5.41, 5.74) is 5.83. The zero-order chi connectivity index (χ0) is 12.5. The molecule has 0 aromatic heterocycles. The minimum atomic E-state index is 0.520. The second-order valence-electron chi connectivity index (χ2n) is 5.02. The Morgan fingerprint density at radius 3 is 2.82 bits per heavy atom. The predicted molar refractivity (Wildman–Crippen MR) is 76.6 cm³/mol. The van der Waals surface area contributed by atoms with E-state index in [-0.39, 0.29) is 0 Å². The zero-order valence-corrected chi connectivity index (χ0v) is 12.2. The van der Waals surface area contributed by atoms with Crippen LogP contribution in [0.3, 0.4) is 0 Å². The van der Waals surface area contributed by atoms with Crippen LogP contribution in [0.25, 0.3) is 0 Å². The van der Waals surface area contributed by atoms with E-state index in [4.69, 9.17) is 10.5 Å². The zero-order valence-electron chi connectivity index (χ0n) is 11.4. The molecule has 0 aliphatic heterocycles. The molecule has 1 unspecified atom stereocenters. The van der Waals surface area contributed by atoms with Crippen LogP contribution < -0.4 is 5.73 Å². The Balaban J connectivity index is 2.02. The van der Waals surface area contributed by atoms with E-state index in [2.05, 4.69) is 18.2 Å². The number of nitrogens with two attached hydrogens (primary N) is 1. The van der Waals surface area contributed by atoms with Crippen LogP contribution in [0.5, 0.6) is 0 Å². The first-order valence-corrected chi connectivity index (χ1v) is 8.14. The van der Waals surface area contributed by atoms with Gasteiger partial charge in [-0.3, -0.25) is 4.90 Å². The molecule has 0 saturated heterocycles. The Morgan fingerprint density at radius 1 is 1.47 bits per heavy atom. The molecule has 1 rings (SSSR count). The molecule has 0 bridgehead atoms. The lowest BCUT2D eigenvalue weighted by atomic mass is 10.1. The summed E-state index contributed by atoms with van der Waals surface area (Å²) in [6.45, 7) is 3.58. The number of thioether (sulfide) groups is 1. The fourth-order valence-corrected chi connectivity index (χ4v) is 2.36. The van der Waals surface area contributed by atoms with E-state index >= 15 is 0 Å². The van der Waals surface area contributed by atoms with Crippen LogP contribution in [0.2, 0.25) is 0 Å². The normalized spacial score (nSPS) is 17.6. The summed E-state index contributed by atoms with van der Waals surface area (Å²) in [7, 11) is 2.16. The third kappa shape index (κ3) is 7.29. The smallest absolute Gasteiger partial charge is 0.0593 e. The molecule has 1 aliphatic carbocycles. The average Bonchev–Trinajstić information content (AvgIpc) is 3.14. The van der Waals surface area contributed by atoms with Crippen molar-refractivity contribution in [3.8, 4) is 0 Å². The van der Waals surface area contributed by atoms with E-state index in [9.17, 15) is 0 Å². The Labute approximate surface area is 110 Å². The van der Waals surface area contributed by atoms with Gasteiger partial charge >= 0.3 is 0 Å². The first-order chi connectivity index (χ1) is 8.27. The molecule has 3 nitrogen and oxygen atoms in total. The fraction of sp³-hybridized carbons (Fsp3) is 1.00. The average molecular weight is 260 g/mol. The summed E-state index contributed by atoms with van der Waals surface area (Å²) >= 11 is 1.91. The fourth-order valence-electron chi connectivity index (χ4n) is 1.91. The maximum atomic E-state index is 5.83. The number of rotatable bonds is 11. The van der Waals surface area contributed by atoms with Crippen molar-refractivity contribution < 1.29 is 4.74 Å². The number of ether oxygens (including phenoxy) is 1. The summed E-state index contributed by atoms with van der Waals surface area (Å²) in [5, 5.41) is 0. The van der Waals surface area contributed by atoms with Gasteiger partial charge in [0.05, 0.1) is 6.61 Å². The van der Waals surface area contributed by atoms with Gasteiger partial charge in [0.2, 0.25) is 0 Å². The standard InChI is InChI=1S/C13H28N2OS/c1-15(7-8-16-11-12-5-6-12)13(10-14)4-3-9-17-2/h12-13H,3-11,14H2,1-2H3. The Kier molecular flexibility index (Phi) is 8.27. The maximum absolute atomic E-state index is 5.83.